The highest BCUT2D eigenvalue weighted by atomic mass is 16.5. The normalized spacial score (nSPS) is 15.1. The number of methoxy groups -OCH3 is 2. The number of rotatable bonds is 4. The number of carbonyl (C=O) groups is 1. The van der Waals surface area contributed by atoms with Crippen LogP contribution >= 0.6 is 0 Å². The summed E-state index contributed by atoms with van der Waals surface area (Å²) < 4.78 is 10.5. The molecule has 1 aliphatic rings. The van der Waals surface area contributed by atoms with Gasteiger partial charge in [-0.1, -0.05) is 0 Å². The van der Waals surface area contributed by atoms with Gasteiger partial charge in [-0.25, -0.2) is 0 Å². The third-order valence-electron chi connectivity index (χ3n) is 5.48. The zero-order valence-corrected chi connectivity index (χ0v) is 15.7. The summed E-state index contributed by atoms with van der Waals surface area (Å²) in [6, 6.07) is 13.5. The summed E-state index contributed by atoms with van der Waals surface area (Å²) in [5.74, 6) is 2.18. The van der Waals surface area contributed by atoms with E-state index in [0.717, 1.165) is 42.9 Å². The molecule has 140 valence electrons. The molecule has 0 spiro atoms. The van der Waals surface area contributed by atoms with Gasteiger partial charge < -0.3 is 19.4 Å². The number of benzene rings is 2. The third kappa shape index (κ3) is 3.37. The van der Waals surface area contributed by atoms with Crippen LogP contribution in [0.3, 0.4) is 0 Å². The van der Waals surface area contributed by atoms with Crippen molar-refractivity contribution in [1.29, 1.82) is 0 Å². The molecule has 1 saturated heterocycles. The topological polar surface area (TPSA) is 54.6 Å². The van der Waals surface area contributed by atoms with Gasteiger partial charge in [0, 0.05) is 35.8 Å². The van der Waals surface area contributed by atoms with Crippen molar-refractivity contribution in [2.45, 2.75) is 18.8 Å². The maximum atomic E-state index is 12.8. The Bertz CT molecular complexity index is 938. The van der Waals surface area contributed by atoms with Crippen molar-refractivity contribution < 1.29 is 14.3 Å². The minimum Gasteiger partial charge on any atom is -0.497 e. The fourth-order valence-corrected chi connectivity index (χ4v) is 3.90. The van der Waals surface area contributed by atoms with Crippen LogP contribution in [0.25, 0.3) is 10.9 Å². The molecular weight excluding hydrogens is 340 g/mol. The van der Waals surface area contributed by atoms with Crippen molar-refractivity contribution in [1.82, 2.24) is 9.88 Å². The van der Waals surface area contributed by atoms with Gasteiger partial charge in [0.2, 0.25) is 0 Å². The van der Waals surface area contributed by atoms with E-state index in [2.05, 4.69) is 23.3 Å². The molecule has 5 nitrogen and oxygen atoms in total. The Morgan fingerprint density at radius 3 is 2.33 bits per heavy atom. The molecular formula is C22H24N2O3. The third-order valence-corrected chi connectivity index (χ3v) is 5.48. The Morgan fingerprint density at radius 2 is 1.67 bits per heavy atom. The maximum Gasteiger partial charge on any atom is 0.253 e. The lowest BCUT2D eigenvalue weighted by atomic mass is 9.89. The van der Waals surface area contributed by atoms with Crippen molar-refractivity contribution in [2.75, 3.05) is 27.3 Å². The van der Waals surface area contributed by atoms with E-state index in [4.69, 9.17) is 9.47 Å². The minimum atomic E-state index is 0.0942. The van der Waals surface area contributed by atoms with Gasteiger partial charge in [-0.2, -0.15) is 0 Å². The number of ether oxygens (including phenoxy) is 2. The molecule has 1 N–H and O–H groups in total. The Balaban J connectivity index is 1.46. The molecule has 2 aromatic carbocycles. The number of carbonyl (C=O) groups excluding carboxylic acids is 1. The molecule has 0 saturated carbocycles. The summed E-state index contributed by atoms with van der Waals surface area (Å²) >= 11 is 0. The zero-order valence-electron chi connectivity index (χ0n) is 15.7. The quantitative estimate of drug-likeness (QED) is 0.755. The summed E-state index contributed by atoms with van der Waals surface area (Å²) in [6.07, 6.45) is 4.04. The molecule has 5 heteroatoms. The number of nitrogens with one attached hydrogen (secondary N) is 1. The summed E-state index contributed by atoms with van der Waals surface area (Å²) in [5, 5.41) is 1.22. The van der Waals surface area contributed by atoms with E-state index in [1.165, 1.54) is 10.9 Å². The van der Waals surface area contributed by atoms with E-state index >= 15 is 0 Å². The molecule has 27 heavy (non-hydrogen) atoms. The molecule has 2 heterocycles. The first kappa shape index (κ1) is 17.5. The van der Waals surface area contributed by atoms with Gasteiger partial charge >= 0.3 is 0 Å². The van der Waals surface area contributed by atoms with E-state index in [1.54, 1.807) is 14.2 Å². The Morgan fingerprint density at radius 1 is 1.00 bits per heavy atom. The van der Waals surface area contributed by atoms with Gasteiger partial charge in [0.05, 0.1) is 14.2 Å². The molecule has 1 aliphatic heterocycles. The van der Waals surface area contributed by atoms with Crippen LogP contribution in [0, 0.1) is 0 Å². The Labute approximate surface area is 158 Å². The SMILES string of the molecule is COc1ccc(C(=O)N2CCC(c3c[nH]c4ccc(OC)cc34)CC2)cc1. The molecule has 1 aromatic heterocycles. The van der Waals surface area contributed by atoms with Crippen LogP contribution in [-0.4, -0.2) is 43.1 Å². The average molecular weight is 364 g/mol. The number of likely N-dealkylation sites (tertiary alicyclic amines) is 1. The van der Waals surface area contributed by atoms with E-state index in [9.17, 15) is 4.79 Å². The van der Waals surface area contributed by atoms with Crippen LogP contribution < -0.4 is 9.47 Å². The minimum absolute atomic E-state index is 0.0942. The number of nitrogens with zero attached hydrogens (tertiary/aromatic N) is 1. The van der Waals surface area contributed by atoms with Crippen molar-refractivity contribution in [3.05, 3.63) is 59.8 Å². The summed E-state index contributed by atoms with van der Waals surface area (Å²) in [6.45, 7) is 1.54. The van der Waals surface area contributed by atoms with Gasteiger partial charge in [-0.05, 0) is 66.8 Å². The van der Waals surface area contributed by atoms with Gasteiger partial charge in [0.25, 0.3) is 5.91 Å². The van der Waals surface area contributed by atoms with E-state index < -0.39 is 0 Å². The zero-order chi connectivity index (χ0) is 18.8. The number of hydrogen-bond acceptors (Lipinski definition) is 3. The molecule has 0 atom stereocenters. The standard InChI is InChI=1S/C22H24N2O3/c1-26-17-5-3-16(4-6-17)22(25)24-11-9-15(10-12-24)20-14-23-21-8-7-18(27-2)13-19(20)21/h3-8,13-15,23H,9-12H2,1-2H3. The molecule has 0 aliphatic carbocycles. The molecule has 1 amide bonds. The first-order valence-corrected chi connectivity index (χ1v) is 9.28. The van der Waals surface area contributed by atoms with Crippen LogP contribution in [0.5, 0.6) is 11.5 Å². The van der Waals surface area contributed by atoms with Crippen molar-refractivity contribution >= 4 is 16.8 Å². The smallest absolute Gasteiger partial charge is 0.253 e. The van der Waals surface area contributed by atoms with Crippen LogP contribution in [0.2, 0.25) is 0 Å². The first-order chi connectivity index (χ1) is 13.2. The summed E-state index contributed by atoms with van der Waals surface area (Å²) in [4.78, 5) is 18.1. The number of H-pyrrole nitrogens is 1. The molecule has 4 rings (SSSR count). The fourth-order valence-electron chi connectivity index (χ4n) is 3.90. The second kappa shape index (κ2) is 7.35. The lowest BCUT2D eigenvalue weighted by Crippen LogP contribution is -2.37. The maximum absolute atomic E-state index is 12.8. The number of aromatic amines is 1. The first-order valence-electron chi connectivity index (χ1n) is 9.28. The van der Waals surface area contributed by atoms with E-state index in [1.807, 2.05) is 35.2 Å². The number of piperidine rings is 1. The highest BCUT2D eigenvalue weighted by Crippen LogP contribution is 2.35. The fraction of sp³-hybridized carbons (Fsp3) is 0.318. The van der Waals surface area contributed by atoms with Crippen LogP contribution in [-0.2, 0) is 0 Å². The largest absolute Gasteiger partial charge is 0.497 e. The summed E-state index contributed by atoms with van der Waals surface area (Å²) in [5.41, 5.74) is 3.16. The highest BCUT2D eigenvalue weighted by Gasteiger charge is 2.26. The predicted octanol–water partition coefficient (Wildman–Crippen LogP) is 4.20. The van der Waals surface area contributed by atoms with Gasteiger partial charge in [0.15, 0.2) is 0 Å². The molecule has 3 aromatic rings. The van der Waals surface area contributed by atoms with Crippen LogP contribution in [0.4, 0.5) is 0 Å². The van der Waals surface area contributed by atoms with Crippen LogP contribution in [0.1, 0.15) is 34.7 Å². The number of aromatic nitrogens is 1. The van der Waals surface area contributed by atoms with Gasteiger partial charge in [-0.15, -0.1) is 0 Å². The van der Waals surface area contributed by atoms with E-state index in [0.29, 0.717) is 11.5 Å². The summed E-state index contributed by atoms with van der Waals surface area (Å²) in [7, 11) is 3.32. The number of hydrogen-bond donors (Lipinski definition) is 1. The lowest BCUT2D eigenvalue weighted by molar-refractivity contribution is 0.0713. The van der Waals surface area contributed by atoms with Gasteiger partial charge in [-0.3, -0.25) is 4.79 Å². The molecule has 1 fully saturated rings. The Hall–Kier alpha value is -2.95. The lowest BCUT2D eigenvalue weighted by Gasteiger charge is -2.32. The molecule has 0 unspecified atom stereocenters. The molecule has 0 bridgehead atoms. The number of amides is 1. The van der Waals surface area contributed by atoms with Crippen molar-refractivity contribution in [3.63, 3.8) is 0 Å². The van der Waals surface area contributed by atoms with Crippen LogP contribution in [0.15, 0.2) is 48.7 Å². The van der Waals surface area contributed by atoms with Gasteiger partial charge in [0.1, 0.15) is 11.5 Å². The second-order valence-electron chi connectivity index (χ2n) is 6.95. The monoisotopic (exact) mass is 364 g/mol. The van der Waals surface area contributed by atoms with Crippen molar-refractivity contribution in [3.8, 4) is 11.5 Å². The second-order valence-corrected chi connectivity index (χ2v) is 6.95. The predicted molar refractivity (Wildman–Crippen MR) is 106 cm³/mol. The average Bonchev–Trinajstić information content (AvgIpc) is 3.16. The highest BCUT2D eigenvalue weighted by molar-refractivity contribution is 5.94. The Kier molecular flexibility index (Phi) is 4.75. The number of fused-ring (bicyclic) bond motifs is 1. The van der Waals surface area contributed by atoms with E-state index in [-0.39, 0.29) is 5.91 Å². The van der Waals surface area contributed by atoms with Crippen molar-refractivity contribution in [2.24, 2.45) is 0 Å². The molecule has 0 radical (unpaired) electrons.